The van der Waals surface area contributed by atoms with Crippen molar-refractivity contribution in [2.75, 3.05) is 5.32 Å². The van der Waals surface area contributed by atoms with Crippen LogP contribution in [0, 0.1) is 0 Å². The summed E-state index contributed by atoms with van der Waals surface area (Å²) < 4.78 is 11.2. The maximum absolute atomic E-state index is 12.5. The van der Waals surface area contributed by atoms with Gasteiger partial charge in [0.25, 0.3) is 5.91 Å². The third-order valence-electron chi connectivity index (χ3n) is 4.18. The molecule has 2 aromatic carbocycles. The van der Waals surface area contributed by atoms with Crippen LogP contribution < -0.4 is 5.32 Å². The Bertz CT molecular complexity index is 1110. The summed E-state index contributed by atoms with van der Waals surface area (Å²) >= 11 is 5.90. The van der Waals surface area contributed by atoms with E-state index in [1.807, 2.05) is 24.3 Å². The van der Waals surface area contributed by atoms with Crippen molar-refractivity contribution in [3.8, 4) is 22.6 Å². The molecular weight excluding hydrogens is 378 g/mol. The maximum atomic E-state index is 12.5. The average Bonchev–Trinajstić information content (AvgIpc) is 3.39. The molecule has 0 radical (unpaired) electrons. The molecule has 0 aliphatic rings. The monoisotopic (exact) mass is 393 g/mol. The number of benzene rings is 2. The van der Waals surface area contributed by atoms with E-state index in [-0.39, 0.29) is 18.3 Å². The number of carbonyl (C=O) groups is 1. The number of rotatable bonds is 5. The first-order valence-corrected chi connectivity index (χ1v) is 8.97. The quantitative estimate of drug-likeness (QED) is 0.462. The van der Waals surface area contributed by atoms with Gasteiger partial charge in [-0.15, -0.1) is 0 Å². The van der Waals surface area contributed by atoms with Crippen molar-refractivity contribution >= 4 is 23.2 Å². The Hall–Kier alpha value is -3.28. The van der Waals surface area contributed by atoms with Crippen LogP contribution in [0.4, 0.5) is 5.69 Å². The van der Waals surface area contributed by atoms with E-state index in [2.05, 4.69) is 5.32 Å². The summed E-state index contributed by atoms with van der Waals surface area (Å²) in [5.41, 5.74) is 2.23. The standard InChI is InChI=1S/C22H16ClNO4/c23-16-6-4-14(5-7-16)19-10-11-21(28-19)22(26)24-17-3-1-2-15(12-17)20-9-8-18(13-25)27-20/h1-12,25H,13H2,(H,24,26). The number of furan rings is 2. The van der Waals surface area contributed by atoms with Crippen molar-refractivity contribution in [1.82, 2.24) is 0 Å². The Labute approximate surface area is 166 Å². The lowest BCUT2D eigenvalue weighted by Crippen LogP contribution is -2.10. The first kappa shape index (κ1) is 18.1. The second kappa shape index (κ2) is 7.76. The molecule has 0 aliphatic heterocycles. The summed E-state index contributed by atoms with van der Waals surface area (Å²) in [5, 5.41) is 12.6. The molecule has 5 nitrogen and oxygen atoms in total. The van der Waals surface area contributed by atoms with Crippen LogP contribution in [0.3, 0.4) is 0 Å². The average molecular weight is 394 g/mol. The first-order valence-electron chi connectivity index (χ1n) is 8.59. The molecule has 0 atom stereocenters. The molecule has 0 unspecified atom stereocenters. The van der Waals surface area contributed by atoms with Crippen molar-refractivity contribution in [3.63, 3.8) is 0 Å². The highest BCUT2D eigenvalue weighted by molar-refractivity contribution is 6.30. The molecule has 6 heteroatoms. The molecule has 0 spiro atoms. The van der Waals surface area contributed by atoms with E-state index in [0.717, 1.165) is 11.1 Å². The molecule has 1 amide bonds. The normalized spacial score (nSPS) is 10.8. The molecule has 0 saturated carbocycles. The Morgan fingerprint density at radius 2 is 1.64 bits per heavy atom. The van der Waals surface area contributed by atoms with Gasteiger partial charge in [0.2, 0.25) is 0 Å². The minimum atomic E-state index is -0.354. The lowest BCUT2D eigenvalue weighted by molar-refractivity contribution is 0.0997. The van der Waals surface area contributed by atoms with Gasteiger partial charge in [-0.25, -0.2) is 0 Å². The van der Waals surface area contributed by atoms with E-state index in [0.29, 0.717) is 28.0 Å². The van der Waals surface area contributed by atoms with Gasteiger partial charge in [0, 0.05) is 21.8 Å². The van der Waals surface area contributed by atoms with Gasteiger partial charge in [-0.2, -0.15) is 0 Å². The number of anilines is 1. The highest BCUT2D eigenvalue weighted by Crippen LogP contribution is 2.27. The third kappa shape index (κ3) is 3.86. The second-order valence-electron chi connectivity index (χ2n) is 6.13. The van der Waals surface area contributed by atoms with E-state index < -0.39 is 0 Å². The van der Waals surface area contributed by atoms with Crippen molar-refractivity contribution < 1.29 is 18.7 Å². The zero-order valence-electron chi connectivity index (χ0n) is 14.7. The number of hydrogen-bond donors (Lipinski definition) is 2. The number of amides is 1. The number of carbonyl (C=O) groups excluding carboxylic acids is 1. The van der Waals surface area contributed by atoms with Gasteiger partial charge in [-0.3, -0.25) is 4.79 Å². The Morgan fingerprint density at radius 1 is 0.893 bits per heavy atom. The zero-order chi connectivity index (χ0) is 19.5. The molecule has 2 heterocycles. The van der Waals surface area contributed by atoms with E-state index >= 15 is 0 Å². The minimum absolute atomic E-state index is 0.162. The Balaban J connectivity index is 1.51. The van der Waals surface area contributed by atoms with Crippen molar-refractivity contribution in [2.45, 2.75) is 6.61 Å². The molecule has 0 aliphatic carbocycles. The SMILES string of the molecule is O=C(Nc1cccc(-c2ccc(CO)o2)c1)c1ccc(-c2ccc(Cl)cc2)o1. The fourth-order valence-electron chi connectivity index (χ4n) is 2.79. The fourth-order valence-corrected chi connectivity index (χ4v) is 2.92. The maximum Gasteiger partial charge on any atom is 0.291 e. The van der Waals surface area contributed by atoms with Crippen LogP contribution in [0.15, 0.2) is 81.6 Å². The molecule has 140 valence electrons. The van der Waals surface area contributed by atoms with Gasteiger partial charge in [-0.1, -0.05) is 23.7 Å². The van der Waals surface area contributed by atoms with E-state index in [1.54, 1.807) is 48.5 Å². The summed E-state index contributed by atoms with van der Waals surface area (Å²) in [6, 6.07) is 21.3. The van der Waals surface area contributed by atoms with E-state index in [9.17, 15) is 4.79 Å². The predicted molar refractivity (Wildman–Crippen MR) is 107 cm³/mol. The highest BCUT2D eigenvalue weighted by atomic mass is 35.5. The molecule has 2 N–H and O–H groups in total. The molecule has 0 bridgehead atoms. The molecular formula is C22H16ClNO4. The van der Waals surface area contributed by atoms with Gasteiger partial charge in [0.15, 0.2) is 5.76 Å². The summed E-state index contributed by atoms with van der Waals surface area (Å²) in [7, 11) is 0. The van der Waals surface area contributed by atoms with Crippen molar-refractivity contribution in [3.05, 3.63) is 89.3 Å². The smallest absolute Gasteiger partial charge is 0.291 e. The van der Waals surface area contributed by atoms with E-state index in [4.69, 9.17) is 25.5 Å². The molecule has 4 aromatic rings. The second-order valence-corrected chi connectivity index (χ2v) is 6.57. The third-order valence-corrected chi connectivity index (χ3v) is 4.43. The highest BCUT2D eigenvalue weighted by Gasteiger charge is 2.13. The largest absolute Gasteiger partial charge is 0.459 e. The van der Waals surface area contributed by atoms with Gasteiger partial charge >= 0.3 is 0 Å². The fraction of sp³-hybridized carbons (Fsp3) is 0.0455. The van der Waals surface area contributed by atoms with Crippen LogP contribution in [0.25, 0.3) is 22.6 Å². The van der Waals surface area contributed by atoms with Crippen LogP contribution in [-0.2, 0) is 6.61 Å². The molecule has 0 saturated heterocycles. The van der Waals surface area contributed by atoms with Gasteiger partial charge in [-0.05, 0) is 60.7 Å². The van der Waals surface area contributed by atoms with Crippen molar-refractivity contribution in [1.29, 1.82) is 0 Å². The molecule has 2 aromatic heterocycles. The van der Waals surface area contributed by atoms with Gasteiger partial charge in [0.1, 0.15) is 23.9 Å². The van der Waals surface area contributed by atoms with Gasteiger partial charge in [0.05, 0.1) is 0 Å². The number of halogens is 1. The van der Waals surface area contributed by atoms with Crippen LogP contribution in [-0.4, -0.2) is 11.0 Å². The molecule has 4 rings (SSSR count). The molecule has 28 heavy (non-hydrogen) atoms. The summed E-state index contributed by atoms with van der Waals surface area (Å²) in [6.07, 6.45) is 0. The number of aliphatic hydroxyl groups is 1. The minimum Gasteiger partial charge on any atom is -0.459 e. The summed E-state index contributed by atoms with van der Waals surface area (Å²) in [4.78, 5) is 12.5. The summed E-state index contributed by atoms with van der Waals surface area (Å²) in [5.74, 6) is 1.53. The van der Waals surface area contributed by atoms with Gasteiger partial charge < -0.3 is 19.3 Å². The van der Waals surface area contributed by atoms with Crippen molar-refractivity contribution in [2.24, 2.45) is 0 Å². The first-order chi connectivity index (χ1) is 13.6. The zero-order valence-corrected chi connectivity index (χ0v) is 15.4. The van der Waals surface area contributed by atoms with Crippen LogP contribution in [0.5, 0.6) is 0 Å². The Morgan fingerprint density at radius 3 is 2.39 bits per heavy atom. The van der Waals surface area contributed by atoms with Crippen LogP contribution in [0.2, 0.25) is 5.02 Å². The summed E-state index contributed by atoms with van der Waals surface area (Å²) in [6.45, 7) is -0.162. The number of hydrogen-bond acceptors (Lipinski definition) is 4. The van der Waals surface area contributed by atoms with E-state index in [1.165, 1.54) is 0 Å². The lowest BCUT2D eigenvalue weighted by Gasteiger charge is -2.05. The molecule has 0 fully saturated rings. The Kier molecular flexibility index (Phi) is 5.02. The topological polar surface area (TPSA) is 75.6 Å². The van der Waals surface area contributed by atoms with Crippen LogP contribution >= 0.6 is 11.6 Å². The predicted octanol–water partition coefficient (Wildman–Crippen LogP) is 5.60. The lowest BCUT2D eigenvalue weighted by atomic mass is 10.1. The van der Waals surface area contributed by atoms with Crippen LogP contribution in [0.1, 0.15) is 16.3 Å². The number of nitrogens with one attached hydrogen (secondary N) is 1. The number of aliphatic hydroxyl groups excluding tert-OH is 1.